The predicted octanol–water partition coefficient (Wildman–Crippen LogP) is 1.86. The SMILES string of the molecule is NCCC(C(=O)O)c1ccccc1Cl. The first-order chi connectivity index (χ1) is 6.66. The van der Waals surface area contributed by atoms with Crippen molar-refractivity contribution in [3.8, 4) is 0 Å². The fourth-order valence-electron chi connectivity index (χ4n) is 1.34. The molecule has 0 fully saturated rings. The number of rotatable bonds is 4. The summed E-state index contributed by atoms with van der Waals surface area (Å²) in [5, 5.41) is 9.45. The maximum atomic E-state index is 10.9. The Bertz CT molecular complexity index is 328. The summed E-state index contributed by atoms with van der Waals surface area (Å²) in [5.41, 5.74) is 5.98. The van der Waals surface area contributed by atoms with Gasteiger partial charge in [0.05, 0.1) is 5.92 Å². The second-order valence-corrected chi connectivity index (χ2v) is 3.40. The summed E-state index contributed by atoms with van der Waals surface area (Å²) >= 11 is 5.89. The number of nitrogens with two attached hydrogens (primary N) is 1. The highest BCUT2D eigenvalue weighted by Crippen LogP contribution is 2.26. The standard InChI is InChI=1S/C10H12ClNO2/c11-9-4-2-1-3-7(9)8(5-6-12)10(13)14/h1-4,8H,5-6,12H2,(H,13,14). The van der Waals surface area contributed by atoms with Crippen molar-refractivity contribution in [2.45, 2.75) is 12.3 Å². The van der Waals surface area contributed by atoms with Crippen molar-refractivity contribution in [3.63, 3.8) is 0 Å². The topological polar surface area (TPSA) is 63.3 Å². The molecule has 0 saturated carbocycles. The third-order valence-electron chi connectivity index (χ3n) is 2.03. The van der Waals surface area contributed by atoms with E-state index < -0.39 is 11.9 Å². The number of aliphatic carboxylic acids is 1. The molecule has 0 aliphatic carbocycles. The molecule has 0 bridgehead atoms. The molecule has 76 valence electrons. The molecule has 0 aromatic heterocycles. The minimum Gasteiger partial charge on any atom is -0.481 e. The lowest BCUT2D eigenvalue weighted by Crippen LogP contribution is -2.16. The number of carbonyl (C=O) groups is 1. The summed E-state index contributed by atoms with van der Waals surface area (Å²) in [4.78, 5) is 10.9. The van der Waals surface area contributed by atoms with Crippen LogP contribution in [0.5, 0.6) is 0 Å². The molecule has 1 rings (SSSR count). The summed E-state index contributed by atoms with van der Waals surface area (Å²) in [6.07, 6.45) is 0.402. The highest BCUT2D eigenvalue weighted by Gasteiger charge is 2.20. The fraction of sp³-hybridized carbons (Fsp3) is 0.300. The van der Waals surface area contributed by atoms with E-state index in [-0.39, 0.29) is 0 Å². The van der Waals surface area contributed by atoms with Crippen molar-refractivity contribution in [2.24, 2.45) is 5.73 Å². The first-order valence-electron chi connectivity index (χ1n) is 4.34. The van der Waals surface area contributed by atoms with Crippen LogP contribution in [0.15, 0.2) is 24.3 Å². The van der Waals surface area contributed by atoms with Gasteiger partial charge in [0.25, 0.3) is 0 Å². The minimum absolute atomic E-state index is 0.336. The van der Waals surface area contributed by atoms with E-state index in [1.165, 1.54) is 0 Å². The highest BCUT2D eigenvalue weighted by atomic mass is 35.5. The third-order valence-corrected chi connectivity index (χ3v) is 2.38. The van der Waals surface area contributed by atoms with E-state index in [1.54, 1.807) is 24.3 Å². The predicted molar refractivity (Wildman–Crippen MR) is 55.5 cm³/mol. The molecule has 0 heterocycles. The monoisotopic (exact) mass is 213 g/mol. The van der Waals surface area contributed by atoms with E-state index in [0.717, 1.165) is 0 Å². The molecule has 1 aromatic rings. The number of benzene rings is 1. The number of hydrogen-bond donors (Lipinski definition) is 2. The Morgan fingerprint density at radius 3 is 2.64 bits per heavy atom. The summed E-state index contributed by atoms with van der Waals surface area (Å²) in [6.45, 7) is 0.336. The van der Waals surface area contributed by atoms with Crippen molar-refractivity contribution in [3.05, 3.63) is 34.9 Å². The zero-order valence-corrected chi connectivity index (χ0v) is 8.37. The van der Waals surface area contributed by atoms with E-state index in [0.29, 0.717) is 23.6 Å². The first-order valence-corrected chi connectivity index (χ1v) is 4.72. The largest absolute Gasteiger partial charge is 0.481 e. The van der Waals surface area contributed by atoms with Gasteiger partial charge in [0.2, 0.25) is 0 Å². The molecule has 1 aromatic carbocycles. The second kappa shape index (κ2) is 4.98. The van der Waals surface area contributed by atoms with Crippen LogP contribution >= 0.6 is 11.6 Å². The van der Waals surface area contributed by atoms with Crippen molar-refractivity contribution in [1.29, 1.82) is 0 Å². The first kappa shape index (κ1) is 11.0. The molecule has 3 N–H and O–H groups in total. The average molecular weight is 214 g/mol. The lowest BCUT2D eigenvalue weighted by atomic mass is 9.96. The normalized spacial score (nSPS) is 12.4. The Morgan fingerprint density at radius 1 is 1.50 bits per heavy atom. The van der Waals surface area contributed by atoms with Gasteiger partial charge in [0.15, 0.2) is 0 Å². The van der Waals surface area contributed by atoms with Gasteiger partial charge in [-0.2, -0.15) is 0 Å². The van der Waals surface area contributed by atoms with Crippen molar-refractivity contribution < 1.29 is 9.90 Å². The number of halogens is 1. The summed E-state index contributed by atoms with van der Waals surface area (Å²) in [6, 6.07) is 6.95. The van der Waals surface area contributed by atoms with Crippen LogP contribution in [0.1, 0.15) is 17.9 Å². The molecule has 4 heteroatoms. The highest BCUT2D eigenvalue weighted by molar-refractivity contribution is 6.31. The van der Waals surface area contributed by atoms with Gasteiger partial charge >= 0.3 is 5.97 Å². The van der Waals surface area contributed by atoms with Gasteiger partial charge < -0.3 is 10.8 Å². The third kappa shape index (κ3) is 2.47. The smallest absolute Gasteiger partial charge is 0.311 e. The van der Waals surface area contributed by atoms with Crippen LogP contribution in [0.25, 0.3) is 0 Å². The Balaban J connectivity index is 2.99. The molecule has 0 saturated heterocycles. The van der Waals surface area contributed by atoms with E-state index in [1.807, 2.05) is 0 Å². The quantitative estimate of drug-likeness (QED) is 0.803. The maximum Gasteiger partial charge on any atom is 0.311 e. The molecule has 3 nitrogen and oxygen atoms in total. The molecule has 14 heavy (non-hydrogen) atoms. The van der Waals surface area contributed by atoms with Gasteiger partial charge in [0, 0.05) is 5.02 Å². The molecule has 0 spiro atoms. The summed E-state index contributed by atoms with van der Waals surface area (Å²) in [7, 11) is 0. The van der Waals surface area contributed by atoms with Crippen LogP contribution in [0.2, 0.25) is 5.02 Å². The average Bonchev–Trinajstić information content (AvgIpc) is 2.15. The molecule has 0 aliphatic heterocycles. The molecular formula is C10H12ClNO2. The van der Waals surface area contributed by atoms with Crippen molar-refractivity contribution in [2.75, 3.05) is 6.54 Å². The van der Waals surface area contributed by atoms with Gasteiger partial charge in [-0.1, -0.05) is 29.8 Å². The zero-order chi connectivity index (χ0) is 10.6. The van der Waals surface area contributed by atoms with Crippen molar-refractivity contribution >= 4 is 17.6 Å². The summed E-state index contributed by atoms with van der Waals surface area (Å²) in [5.74, 6) is -1.49. The molecule has 0 aliphatic rings. The maximum absolute atomic E-state index is 10.9. The Morgan fingerprint density at radius 2 is 2.14 bits per heavy atom. The van der Waals surface area contributed by atoms with E-state index in [2.05, 4.69) is 0 Å². The van der Waals surface area contributed by atoms with Crippen LogP contribution in [-0.4, -0.2) is 17.6 Å². The van der Waals surface area contributed by atoms with Crippen LogP contribution in [0.3, 0.4) is 0 Å². The van der Waals surface area contributed by atoms with Crippen LogP contribution < -0.4 is 5.73 Å². The summed E-state index contributed by atoms with van der Waals surface area (Å²) < 4.78 is 0. The van der Waals surface area contributed by atoms with Gasteiger partial charge in [-0.3, -0.25) is 4.79 Å². The Labute approximate surface area is 87.5 Å². The lowest BCUT2D eigenvalue weighted by molar-refractivity contribution is -0.138. The molecule has 1 unspecified atom stereocenters. The fourth-order valence-corrected chi connectivity index (χ4v) is 1.60. The van der Waals surface area contributed by atoms with Gasteiger partial charge in [-0.05, 0) is 24.6 Å². The van der Waals surface area contributed by atoms with E-state index in [4.69, 9.17) is 22.4 Å². The van der Waals surface area contributed by atoms with Gasteiger partial charge in [-0.15, -0.1) is 0 Å². The second-order valence-electron chi connectivity index (χ2n) is 2.99. The number of hydrogen-bond acceptors (Lipinski definition) is 2. The molecule has 0 radical (unpaired) electrons. The molecule has 1 atom stereocenters. The van der Waals surface area contributed by atoms with Crippen LogP contribution in [-0.2, 0) is 4.79 Å². The minimum atomic E-state index is -0.886. The zero-order valence-electron chi connectivity index (χ0n) is 7.61. The van der Waals surface area contributed by atoms with Crippen molar-refractivity contribution in [1.82, 2.24) is 0 Å². The lowest BCUT2D eigenvalue weighted by Gasteiger charge is -2.12. The number of carboxylic acids is 1. The Hall–Kier alpha value is -1.06. The number of carboxylic acid groups (broad SMARTS) is 1. The van der Waals surface area contributed by atoms with E-state index >= 15 is 0 Å². The van der Waals surface area contributed by atoms with Gasteiger partial charge in [-0.25, -0.2) is 0 Å². The van der Waals surface area contributed by atoms with Crippen LogP contribution in [0.4, 0.5) is 0 Å². The molecular weight excluding hydrogens is 202 g/mol. The Kier molecular flexibility index (Phi) is 3.92. The van der Waals surface area contributed by atoms with Crippen LogP contribution in [0, 0.1) is 0 Å². The molecule has 0 amide bonds. The van der Waals surface area contributed by atoms with Gasteiger partial charge in [0.1, 0.15) is 0 Å². The van der Waals surface area contributed by atoms with E-state index in [9.17, 15) is 4.79 Å².